The Morgan fingerprint density at radius 3 is 2.35 bits per heavy atom. The molecular weight excluding hydrogens is 269 g/mol. The second kappa shape index (κ2) is 5.45. The van der Waals surface area contributed by atoms with Crippen molar-refractivity contribution in [1.82, 2.24) is 0 Å². The minimum atomic E-state index is -1.22. The van der Waals surface area contributed by atoms with Gasteiger partial charge in [0.15, 0.2) is 11.6 Å². The van der Waals surface area contributed by atoms with E-state index in [2.05, 4.69) is 0 Å². The Morgan fingerprint density at radius 1 is 1.10 bits per heavy atom. The highest BCUT2D eigenvalue weighted by molar-refractivity contribution is 6.04. The fraction of sp³-hybridized carbons (Fsp3) is 0. The molecule has 0 atom stereocenters. The first-order valence-corrected chi connectivity index (χ1v) is 5.47. The first-order chi connectivity index (χ1) is 9.51. The van der Waals surface area contributed by atoms with E-state index in [1.807, 2.05) is 11.4 Å². The van der Waals surface area contributed by atoms with Crippen molar-refractivity contribution in [3.8, 4) is 6.07 Å². The molecule has 0 saturated heterocycles. The van der Waals surface area contributed by atoms with Crippen LogP contribution in [0.2, 0.25) is 0 Å². The van der Waals surface area contributed by atoms with Crippen LogP contribution in [0.15, 0.2) is 36.4 Å². The minimum absolute atomic E-state index is 0.0622. The molecular formula is C14H7F3N2O. The predicted molar refractivity (Wildman–Crippen MR) is 65.4 cm³/mol. The maximum atomic E-state index is 13.4. The van der Waals surface area contributed by atoms with Crippen LogP contribution in [0, 0.1) is 28.8 Å². The summed E-state index contributed by atoms with van der Waals surface area (Å²) in [5.41, 5.74) is -0.441. The second-order valence-electron chi connectivity index (χ2n) is 3.89. The monoisotopic (exact) mass is 276 g/mol. The van der Waals surface area contributed by atoms with E-state index in [1.165, 1.54) is 24.3 Å². The Labute approximate surface area is 112 Å². The van der Waals surface area contributed by atoms with Crippen LogP contribution >= 0.6 is 0 Å². The number of carbonyl (C=O) groups is 1. The highest BCUT2D eigenvalue weighted by atomic mass is 19.1. The van der Waals surface area contributed by atoms with E-state index in [0.717, 1.165) is 0 Å². The van der Waals surface area contributed by atoms with Crippen molar-refractivity contribution in [1.29, 1.82) is 5.26 Å². The third-order valence-electron chi connectivity index (χ3n) is 2.50. The molecule has 2 rings (SSSR count). The lowest BCUT2D eigenvalue weighted by molar-refractivity contribution is 0.102. The van der Waals surface area contributed by atoms with Crippen LogP contribution in [0.4, 0.5) is 18.9 Å². The molecule has 0 saturated carbocycles. The molecule has 2 aromatic carbocycles. The smallest absolute Gasteiger partial charge is 0.255 e. The molecule has 3 nitrogen and oxygen atoms in total. The Hall–Kier alpha value is -2.81. The number of hydrogen-bond acceptors (Lipinski definition) is 2. The zero-order valence-corrected chi connectivity index (χ0v) is 9.95. The van der Waals surface area contributed by atoms with Gasteiger partial charge in [0.2, 0.25) is 0 Å². The average Bonchev–Trinajstić information content (AvgIpc) is 2.42. The van der Waals surface area contributed by atoms with E-state index < -0.39 is 29.0 Å². The summed E-state index contributed by atoms with van der Waals surface area (Å²) in [6, 6.07) is 8.37. The first-order valence-electron chi connectivity index (χ1n) is 5.47. The fourth-order valence-electron chi connectivity index (χ4n) is 1.58. The van der Waals surface area contributed by atoms with Crippen molar-refractivity contribution in [2.45, 2.75) is 0 Å². The first kappa shape index (κ1) is 13.6. The van der Waals surface area contributed by atoms with Gasteiger partial charge in [-0.1, -0.05) is 6.07 Å². The lowest BCUT2D eigenvalue weighted by Gasteiger charge is -2.08. The van der Waals surface area contributed by atoms with E-state index in [0.29, 0.717) is 12.1 Å². The summed E-state index contributed by atoms with van der Waals surface area (Å²) >= 11 is 0. The molecule has 0 bridgehead atoms. The Bertz CT molecular complexity index is 700. The molecule has 0 heterocycles. The van der Waals surface area contributed by atoms with Crippen molar-refractivity contribution >= 4 is 11.6 Å². The maximum absolute atomic E-state index is 13.4. The zero-order valence-electron chi connectivity index (χ0n) is 9.95. The average molecular weight is 276 g/mol. The number of carbonyl (C=O) groups excluding carboxylic acids is 1. The van der Waals surface area contributed by atoms with Gasteiger partial charge >= 0.3 is 0 Å². The van der Waals surface area contributed by atoms with Crippen LogP contribution in [0.25, 0.3) is 0 Å². The number of amides is 1. The quantitative estimate of drug-likeness (QED) is 0.915. The molecule has 1 amide bonds. The Morgan fingerprint density at radius 2 is 1.75 bits per heavy atom. The second-order valence-corrected chi connectivity index (χ2v) is 3.89. The normalized spacial score (nSPS) is 9.90. The van der Waals surface area contributed by atoms with Gasteiger partial charge in [0.1, 0.15) is 11.5 Å². The molecule has 0 aliphatic rings. The zero-order chi connectivity index (χ0) is 14.7. The fourth-order valence-corrected chi connectivity index (χ4v) is 1.58. The van der Waals surface area contributed by atoms with Crippen molar-refractivity contribution in [2.24, 2.45) is 0 Å². The molecule has 0 radical (unpaired) electrons. The van der Waals surface area contributed by atoms with Gasteiger partial charge in [-0.15, -0.1) is 0 Å². The van der Waals surface area contributed by atoms with Crippen LogP contribution in [-0.4, -0.2) is 5.91 Å². The third kappa shape index (κ3) is 2.78. The molecule has 1 N–H and O–H groups in total. The number of hydrogen-bond donors (Lipinski definition) is 1. The molecule has 100 valence electrons. The van der Waals surface area contributed by atoms with Gasteiger partial charge in [0.05, 0.1) is 11.6 Å². The van der Waals surface area contributed by atoms with E-state index in [-0.39, 0.29) is 11.1 Å². The molecule has 0 spiro atoms. The van der Waals surface area contributed by atoms with Gasteiger partial charge < -0.3 is 5.32 Å². The summed E-state index contributed by atoms with van der Waals surface area (Å²) in [6.07, 6.45) is 0. The number of nitrogens with one attached hydrogen (secondary N) is 1. The van der Waals surface area contributed by atoms with Crippen molar-refractivity contribution in [3.63, 3.8) is 0 Å². The highest BCUT2D eigenvalue weighted by Crippen LogP contribution is 2.21. The molecule has 2 aromatic rings. The van der Waals surface area contributed by atoms with Gasteiger partial charge in [0, 0.05) is 17.7 Å². The van der Waals surface area contributed by atoms with Crippen LogP contribution < -0.4 is 5.32 Å². The van der Waals surface area contributed by atoms with Crippen molar-refractivity contribution in [2.75, 3.05) is 5.32 Å². The van der Waals surface area contributed by atoms with E-state index in [4.69, 9.17) is 5.26 Å². The van der Waals surface area contributed by atoms with Gasteiger partial charge in [-0.2, -0.15) is 5.26 Å². The van der Waals surface area contributed by atoms with Crippen LogP contribution in [-0.2, 0) is 0 Å². The van der Waals surface area contributed by atoms with Gasteiger partial charge in [0.25, 0.3) is 5.91 Å². The highest BCUT2D eigenvalue weighted by Gasteiger charge is 2.15. The van der Waals surface area contributed by atoms with Crippen molar-refractivity contribution < 1.29 is 18.0 Å². The minimum Gasteiger partial charge on any atom is -0.317 e. The molecule has 0 aromatic heterocycles. The van der Waals surface area contributed by atoms with Gasteiger partial charge in [-0.05, 0) is 18.2 Å². The summed E-state index contributed by atoms with van der Waals surface area (Å²) < 4.78 is 39.5. The number of halogens is 3. The number of benzene rings is 2. The molecule has 0 aliphatic heterocycles. The summed E-state index contributed by atoms with van der Waals surface area (Å²) in [4.78, 5) is 11.8. The summed E-state index contributed by atoms with van der Waals surface area (Å²) in [7, 11) is 0. The van der Waals surface area contributed by atoms with E-state index in [9.17, 15) is 18.0 Å². The molecule has 20 heavy (non-hydrogen) atoms. The van der Waals surface area contributed by atoms with E-state index >= 15 is 0 Å². The Balaban J connectivity index is 2.31. The van der Waals surface area contributed by atoms with Crippen LogP contribution in [0.5, 0.6) is 0 Å². The maximum Gasteiger partial charge on any atom is 0.255 e. The number of rotatable bonds is 2. The molecule has 0 unspecified atom stereocenters. The molecule has 0 fully saturated rings. The molecule has 0 aliphatic carbocycles. The van der Waals surface area contributed by atoms with Crippen molar-refractivity contribution in [3.05, 3.63) is 65.0 Å². The largest absolute Gasteiger partial charge is 0.317 e. The van der Waals surface area contributed by atoms with Crippen LogP contribution in [0.1, 0.15) is 15.9 Å². The lowest BCUT2D eigenvalue weighted by Crippen LogP contribution is -2.14. The summed E-state index contributed by atoms with van der Waals surface area (Å²) in [5.74, 6) is -4.31. The van der Waals surface area contributed by atoms with E-state index in [1.54, 1.807) is 0 Å². The standard InChI is InChI=1S/C14H7F3N2O/c15-10-5-11(16)13(12(17)6-10)19-14(20)9-3-1-2-8(4-9)7-18/h1-6H,(H,19,20). The third-order valence-corrected chi connectivity index (χ3v) is 2.50. The van der Waals surface area contributed by atoms with Gasteiger partial charge in [-0.3, -0.25) is 4.79 Å². The lowest BCUT2D eigenvalue weighted by atomic mass is 10.1. The Kier molecular flexibility index (Phi) is 3.71. The number of nitriles is 1. The summed E-state index contributed by atoms with van der Waals surface area (Å²) in [6.45, 7) is 0. The number of anilines is 1. The topological polar surface area (TPSA) is 52.9 Å². The predicted octanol–water partition coefficient (Wildman–Crippen LogP) is 3.23. The number of nitrogens with zero attached hydrogens (tertiary/aromatic N) is 1. The SMILES string of the molecule is N#Cc1cccc(C(=O)Nc2c(F)cc(F)cc2F)c1. The van der Waals surface area contributed by atoms with Gasteiger partial charge in [-0.25, -0.2) is 13.2 Å². The van der Waals surface area contributed by atoms with Crippen LogP contribution in [0.3, 0.4) is 0 Å². The molecule has 6 heteroatoms. The summed E-state index contributed by atoms with van der Waals surface area (Å²) in [5, 5.41) is 10.7.